The van der Waals surface area contributed by atoms with Gasteiger partial charge in [-0.25, -0.2) is 0 Å². The van der Waals surface area contributed by atoms with Gasteiger partial charge in [-0.3, -0.25) is 4.79 Å². The topological polar surface area (TPSA) is 83.6 Å². The highest BCUT2D eigenvalue weighted by Crippen LogP contribution is 2.36. The zero-order chi connectivity index (χ0) is 12.5. The van der Waals surface area contributed by atoms with Crippen molar-refractivity contribution in [2.75, 3.05) is 6.54 Å². The van der Waals surface area contributed by atoms with Crippen LogP contribution < -0.4 is 5.73 Å². The van der Waals surface area contributed by atoms with Crippen LogP contribution in [0.25, 0.3) is 0 Å². The number of carboxylic acids is 1. The van der Waals surface area contributed by atoms with Gasteiger partial charge in [-0.2, -0.15) is 0 Å². The van der Waals surface area contributed by atoms with Gasteiger partial charge in [0.1, 0.15) is 5.75 Å². The Balaban J connectivity index is 3.47. The zero-order valence-corrected chi connectivity index (χ0v) is 9.88. The quantitative estimate of drug-likeness (QED) is 0.756. The van der Waals surface area contributed by atoms with E-state index in [0.717, 1.165) is 0 Å². The van der Waals surface area contributed by atoms with Crippen LogP contribution in [0.5, 0.6) is 5.75 Å². The van der Waals surface area contributed by atoms with Gasteiger partial charge in [-0.05, 0) is 31.0 Å². The molecule has 1 rings (SSSR count). The van der Waals surface area contributed by atoms with E-state index in [4.69, 9.17) is 22.4 Å². The molecule has 0 aliphatic carbocycles. The molecule has 5 heteroatoms. The number of halogens is 1. The van der Waals surface area contributed by atoms with Gasteiger partial charge in [0.25, 0.3) is 0 Å². The minimum atomic E-state index is -1.07. The van der Waals surface area contributed by atoms with Crippen molar-refractivity contribution in [3.8, 4) is 5.75 Å². The van der Waals surface area contributed by atoms with E-state index in [1.54, 1.807) is 19.9 Å². The van der Waals surface area contributed by atoms with E-state index in [2.05, 4.69) is 0 Å². The minimum absolute atomic E-state index is 0.0419. The number of carboxylic acid groups (broad SMARTS) is 1. The lowest BCUT2D eigenvalue weighted by Gasteiger charge is -2.17. The van der Waals surface area contributed by atoms with Crippen molar-refractivity contribution in [1.29, 1.82) is 0 Å². The van der Waals surface area contributed by atoms with Gasteiger partial charge in [0.05, 0.1) is 5.92 Å². The van der Waals surface area contributed by atoms with E-state index in [1.165, 1.54) is 0 Å². The largest absolute Gasteiger partial charge is 0.507 e. The van der Waals surface area contributed by atoms with Crippen molar-refractivity contribution < 1.29 is 15.0 Å². The van der Waals surface area contributed by atoms with Crippen molar-refractivity contribution in [3.05, 3.63) is 27.8 Å². The van der Waals surface area contributed by atoms with Crippen molar-refractivity contribution in [2.45, 2.75) is 19.8 Å². The second-order valence-electron chi connectivity index (χ2n) is 3.69. The van der Waals surface area contributed by atoms with Gasteiger partial charge in [0, 0.05) is 17.1 Å². The molecule has 0 amide bonds. The highest BCUT2D eigenvalue weighted by atomic mass is 35.5. The Morgan fingerprint density at radius 2 is 2.12 bits per heavy atom. The molecule has 0 saturated carbocycles. The van der Waals surface area contributed by atoms with E-state index >= 15 is 0 Å². The maximum Gasteiger partial charge on any atom is 0.312 e. The Kier molecular flexibility index (Phi) is 3.78. The molecule has 1 aromatic carbocycles. The fourth-order valence-corrected chi connectivity index (χ4v) is 1.92. The van der Waals surface area contributed by atoms with Crippen LogP contribution in [0.1, 0.15) is 22.6 Å². The molecule has 0 spiro atoms. The Bertz CT molecular complexity index is 405. The van der Waals surface area contributed by atoms with Gasteiger partial charge in [0.2, 0.25) is 0 Å². The number of hydrogen-bond acceptors (Lipinski definition) is 3. The molecule has 1 aromatic rings. The SMILES string of the molecule is Cc1cc(Cl)c(C)c(C(CN)C(=O)O)c1O. The molecule has 88 valence electrons. The zero-order valence-electron chi connectivity index (χ0n) is 9.12. The first-order chi connectivity index (χ1) is 7.40. The molecular formula is C11H14ClNO3. The molecule has 4 N–H and O–H groups in total. The van der Waals surface area contributed by atoms with Crippen LogP contribution in [0.2, 0.25) is 5.02 Å². The van der Waals surface area contributed by atoms with Gasteiger partial charge >= 0.3 is 5.97 Å². The van der Waals surface area contributed by atoms with E-state index < -0.39 is 11.9 Å². The summed E-state index contributed by atoms with van der Waals surface area (Å²) < 4.78 is 0. The van der Waals surface area contributed by atoms with Gasteiger partial charge in [-0.15, -0.1) is 0 Å². The van der Waals surface area contributed by atoms with Crippen molar-refractivity contribution in [2.24, 2.45) is 5.73 Å². The smallest absolute Gasteiger partial charge is 0.312 e. The third-order valence-corrected chi connectivity index (χ3v) is 3.01. The fraction of sp³-hybridized carbons (Fsp3) is 0.364. The van der Waals surface area contributed by atoms with Crippen LogP contribution in [0.15, 0.2) is 6.07 Å². The third-order valence-electron chi connectivity index (χ3n) is 2.62. The molecule has 1 unspecified atom stereocenters. The highest BCUT2D eigenvalue weighted by Gasteiger charge is 2.25. The number of aryl methyl sites for hydroxylation is 1. The van der Waals surface area contributed by atoms with Crippen LogP contribution in [0.4, 0.5) is 0 Å². The lowest BCUT2D eigenvalue weighted by molar-refractivity contribution is -0.138. The predicted molar refractivity (Wildman–Crippen MR) is 62.0 cm³/mol. The lowest BCUT2D eigenvalue weighted by Crippen LogP contribution is -2.22. The number of phenolic OH excluding ortho intramolecular Hbond substituents is 1. The summed E-state index contributed by atoms with van der Waals surface area (Å²) in [6.07, 6.45) is 0. The molecule has 0 aromatic heterocycles. The molecule has 0 fully saturated rings. The van der Waals surface area contributed by atoms with E-state index in [9.17, 15) is 9.90 Å². The summed E-state index contributed by atoms with van der Waals surface area (Å²) in [6.45, 7) is 3.26. The van der Waals surface area contributed by atoms with E-state index in [1.807, 2.05) is 0 Å². The summed E-state index contributed by atoms with van der Waals surface area (Å²) >= 11 is 5.95. The molecule has 4 nitrogen and oxygen atoms in total. The fourth-order valence-electron chi connectivity index (χ4n) is 1.65. The third kappa shape index (κ3) is 2.13. The van der Waals surface area contributed by atoms with Crippen molar-refractivity contribution in [1.82, 2.24) is 0 Å². The first-order valence-corrected chi connectivity index (χ1v) is 5.19. The van der Waals surface area contributed by atoms with Crippen LogP contribution in [-0.4, -0.2) is 22.7 Å². The number of phenols is 1. The van der Waals surface area contributed by atoms with Gasteiger partial charge < -0.3 is 15.9 Å². The molecule has 1 atom stereocenters. The summed E-state index contributed by atoms with van der Waals surface area (Å²) in [4.78, 5) is 11.0. The average molecular weight is 244 g/mol. The molecule has 0 radical (unpaired) electrons. The van der Waals surface area contributed by atoms with Crippen molar-refractivity contribution in [3.63, 3.8) is 0 Å². The van der Waals surface area contributed by atoms with Crippen LogP contribution in [-0.2, 0) is 4.79 Å². The predicted octanol–water partition coefficient (Wildman–Crippen LogP) is 1.79. The Hall–Kier alpha value is -1.26. The maximum absolute atomic E-state index is 11.0. The Morgan fingerprint density at radius 3 is 2.56 bits per heavy atom. The number of benzene rings is 1. The normalized spacial score (nSPS) is 12.5. The monoisotopic (exact) mass is 243 g/mol. The van der Waals surface area contributed by atoms with Crippen molar-refractivity contribution >= 4 is 17.6 Å². The lowest BCUT2D eigenvalue weighted by atomic mass is 9.92. The molecule has 16 heavy (non-hydrogen) atoms. The number of nitrogens with two attached hydrogens (primary N) is 1. The standard InChI is InChI=1S/C11H14ClNO3/c1-5-3-8(12)6(2)9(10(5)14)7(4-13)11(15)16/h3,7,14H,4,13H2,1-2H3,(H,15,16). The minimum Gasteiger partial charge on any atom is -0.507 e. The Morgan fingerprint density at radius 1 is 1.56 bits per heavy atom. The molecule has 0 saturated heterocycles. The first kappa shape index (κ1) is 12.8. The second-order valence-corrected chi connectivity index (χ2v) is 4.10. The maximum atomic E-state index is 11.0. The first-order valence-electron chi connectivity index (χ1n) is 4.81. The van der Waals surface area contributed by atoms with E-state index in [0.29, 0.717) is 21.7 Å². The van der Waals surface area contributed by atoms with Crippen LogP contribution >= 0.6 is 11.6 Å². The van der Waals surface area contributed by atoms with E-state index in [-0.39, 0.29) is 12.3 Å². The average Bonchev–Trinajstić information content (AvgIpc) is 2.21. The number of hydrogen-bond donors (Lipinski definition) is 3. The van der Waals surface area contributed by atoms with Gasteiger partial charge in [0.15, 0.2) is 0 Å². The molecule has 0 aliphatic heterocycles. The number of aromatic hydroxyl groups is 1. The molecule has 0 heterocycles. The number of carbonyl (C=O) groups is 1. The summed E-state index contributed by atoms with van der Waals surface area (Å²) in [6, 6.07) is 1.60. The molecular weight excluding hydrogens is 230 g/mol. The van der Waals surface area contributed by atoms with Crippen LogP contribution in [0.3, 0.4) is 0 Å². The van der Waals surface area contributed by atoms with Gasteiger partial charge in [-0.1, -0.05) is 11.6 Å². The summed E-state index contributed by atoms with van der Waals surface area (Å²) in [5, 5.41) is 19.3. The number of aliphatic carboxylic acids is 1. The molecule has 0 bridgehead atoms. The second kappa shape index (κ2) is 4.72. The number of rotatable bonds is 3. The summed E-state index contributed by atoms with van der Waals surface area (Å²) in [5.74, 6) is -2.04. The highest BCUT2D eigenvalue weighted by molar-refractivity contribution is 6.31. The van der Waals surface area contributed by atoms with Crippen LogP contribution in [0, 0.1) is 13.8 Å². The molecule has 0 aliphatic rings. The summed E-state index contributed by atoms with van der Waals surface area (Å²) in [7, 11) is 0. The Labute approximate surface area is 98.6 Å². The summed E-state index contributed by atoms with van der Waals surface area (Å²) in [5.41, 5.74) is 6.82.